The first kappa shape index (κ1) is 7.57. The lowest BCUT2D eigenvalue weighted by molar-refractivity contribution is 0.0572. The van der Waals surface area contributed by atoms with Gasteiger partial charge in [-0.15, -0.1) is 0 Å². The van der Waals surface area contributed by atoms with Crippen molar-refractivity contribution in [2.45, 2.75) is 12.2 Å². The maximum absolute atomic E-state index is 9.24. The molecule has 0 bridgehead atoms. The molecule has 1 saturated heterocycles. The van der Waals surface area contributed by atoms with Gasteiger partial charge in [0.15, 0.2) is 0 Å². The van der Waals surface area contributed by atoms with E-state index in [0.29, 0.717) is 13.1 Å². The molecule has 0 saturated carbocycles. The Morgan fingerprint density at radius 1 is 1.42 bits per heavy atom. The summed E-state index contributed by atoms with van der Waals surface area (Å²) in [5.41, 5.74) is 0. The van der Waals surface area contributed by atoms with Crippen molar-refractivity contribution >= 4 is 5.82 Å². The molecule has 0 amide bonds. The second-order valence-corrected chi connectivity index (χ2v) is 2.98. The van der Waals surface area contributed by atoms with Gasteiger partial charge in [0.05, 0.1) is 18.4 Å². The maximum Gasteiger partial charge on any atom is 0.124 e. The number of aliphatic hydroxyl groups is 2. The van der Waals surface area contributed by atoms with Crippen LogP contribution in [0.1, 0.15) is 0 Å². The highest BCUT2D eigenvalue weighted by Gasteiger charge is 2.29. The lowest BCUT2D eigenvalue weighted by Crippen LogP contribution is -2.22. The fourth-order valence-corrected chi connectivity index (χ4v) is 1.39. The van der Waals surface area contributed by atoms with Crippen molar-refractivity contribution in [1.29, 1.82) is 0 Å². The lowest BCUT2D eigenvalue weighted by atomic mass is 10.3. The molecule has 1 aliphatic rings. The minimum atomic E-state index is -0.645. The van der Waals surface area contributed by atoms with Crippen molar-refractivity contribution in [1.82, 2.24) is 10.2 Å². The zero-order valence-corrected chi connectivity index (χ0v) is 6.51. The van der Waals surface area contributed by atoms with Crippen molar-refractivity contribution in [2.75, 3.05) is 18.0 Å². The molecule has 66 valence electrons. The average Bonchev–Trinajstić information content (AvgIpc) is 2.61. The third kappa shape index (κ3) is 1.17. The first-order valence-corrected chi connectivity index (χ1v) is 3.88. The number of hydrogen-bond donors (Lipinski definition) is 3. The number of rotatable bonds is 1. The summed E-state index contributed by atoms with van der Waals surface area (Å²) in [7, 11) is 0. The average molecular weight is 169 g/mol. The number of hydrogen-bond acceptors (Lipinski definition) is 4. The largest absolute Gasteiger partial charge is 0.389 e. The topological polar surface area (TPSA) is 72.4 Å². The summed E-state index contributed by atoms with van der Waals surface area (Å²) < 4.78 is 0. The molecule has 2 heterocycles. The lowest BCUT2D eigenvalue weighted by Gasteiger charge is -2.13. The molecule has 5 heteroatoms. The minimum absolute atomic E-state index is 0.462. The molecule has 2 unspecified atom stereocenters. The van der Waals surface area contributed by atoms with E-state index in [2.05, 4.69) is 10.2 Å². The first-order chi connectivity index (χ1) is 5.77. The summed E-state index contributed by atoms with van der Waals surface area (Å²) in [6.45, 7) is 0.923. The number of aromatic amines is 1. The van der Waals surface area contributed by atoms with Crippen molar-refractivity contribution < 1.29 is 10.2 Å². The second-order valence-electron chi connectivity index (χ2n) is 2.98. The van der Waals surface area contributed by atoms with Gasteiger partial charge in [-0.05, 0) is 0 Å². The third-order valence-electron chi connectivity index (χ3n) is 2.09. The summed E-state index contributed by atoms with van der Waals surface area (Å²) in [5, 5.41) is 25.0. The molecule has 2 atom stereocenters. The zero-order valence-electron chi connectivity index (χ0n) is 6.51. The Bertz CT molecular complexity index is 239. The van der Waals surface area contributed by atoms with E-state index in [4.69, 9.17) is 0 Å². The van der Waals surface area contributed by atoms with Crippen LogP contribution >= 0.6 is 0 Å². The Labute approximate surface area is 69.6 Å². The molecule has 1 aliphatic heterocycles. The van der Waals surface area contributed by atoms with Crippen LogP contribution in [0.25, 0.3) is 0 Å². The Balaban J connectivity index is 2.09. The standard InChI is InChI=1S/C7H11N3O2/c11-5-3-10(4-6(5)12)7-1-2-8-9-7/h1-2,5-6,11-12H,3-4H2,(H,8,9). The number of nitrogens with zero attached hydrogens (tertiary/aromatic N) is 2. The molecular formula is C7H11N3O2. The summed E-state index contributed by atoms with van der Waals surface area (Å²) >= 11 is 0. The van der Waals surface area contributed by atoms with Gasteiger partial charge in [0.1, 0.15) is 5.82 Å². The monoisotopic (exact) mass is 169 g/mol. The van der Waals surface area contributed by atoms with Crippen LogP contribution < -0.4 is 4.90 Å². The molecule has 3 N–H and O–H groups in total. The molecule has 0 spiro atoms. The normalized spacial score (nSPS) is 29.7. The number of H-pyrrole nitrogens is 1. The van der Waals surface area contributed by atoms with Gasteiger partial charge in [-0.3, -0.25) is 5.10 Å². The van der Waals surface area contributed by atoms with E-state index in [9.17, 15) is 10.2 Å². The quantitative estimate of drug-likeness (QED) is 0.501. The van der Waals surface area contributed by atoms with Gasteiger partial charge in [0, 0.05) is 19.2 Å². The van der Waals surface area contributed by atoms with Gasteiger partial charge in [-0.1, -0.05) is 0 Å². The van der Waals surface area contributed by atoms with Crippen LogP contribution in [0.15, 0.2) is 12.3 Å². The Kier molecular flexibility index (Phi) is 1.74. The van der Waals surface area contributed by atoms with Crippen LogP contribution in [0.5, 0.6) is 0 Å². The molecule has 0 aromatic carbocycles. The highest BCUT2D eigenvalue weighted by Crippen LogP contribution is 2.16. The number of nitrogens with one attached hydrogen (secondary N) is 1. The van der Waals surface area contributed by atoms with Gasteiger partial charge in [-0.2, -0.15) is 5.10 Å². The summed E-state index contributed by atoms with van der Waals surface area (Å²) in [4.78, 5) is 1.86. The van der Waals surface area contributed by atoms with Crippen molar-refractivity contribution in [2.24, 2.45) is 0 Å². The summed E-state index contributed by atoms with van der Waals surface area (Å²) in [5.74, 6) is 0.839. The van der Waals surface area contributed by atoms with E-state index in [-0.39, 0.29) is 0 Å². The molecule has 1 fully saturated rings. The summed E-state index contributed by atoms with van der Waals surface area (Å²) in [6, 6.07) is 1.81. The fraction of sp³-hybridized carbons (Fsp3) is 0.571. The molecule has 1 aromatic rings. The zero-order chi connectivity index (χ0) is 8.55. The second kappa shape index (κ2) is 2.76. The molecule has 5 nitrogen and oxygen atoms in total. The van der Waals surface area contributed by atoms with Crippen molar-refractivity contribution in [3.63, 3.8) is 0 Å². The molecule has 0 aliphatic carbocycles. The molecular weight excluding hydrogens is 158 g/mol. The van der Waals surface area contributed by atoms with Crippen molar-refractivity contribution in [3.05, 3.63) is 12.3 Å². The Hall–Kier alpha value is -1.07. The van der Waals surface area contributed by atoms with Crippen LogP contribution in [0, 0.1) is 0 Å². The fourth-order valence-electron chi connectivity index (χ4n) is 1.39. The predicted molar refractivity (Wildman–Crippen MR) is 42.8 cm³/mol. The van der Waals surface area contributed by atoms with Crippen LogP contribution in [-0.4, -0.2) is 45.7 Å². The van der Waals surface area contributed by atoms with E-state index in [1.54, 1.807) is 6.20 Å². The van der Waals surface area contributed by atoms with Gasteiger partial charge in [0.25, 0.3) is 0 Å². The van der Waals surface area contributed by atoms with Crippen LogP contribution in [-0.2, 0) is 0 Å². The van der Waals surface area contributed by atoms with Crippen LogP contribution in [0.3, 0.4) is 0 Å². The summed E-state index contributed by atoms with van der Waals surface area (Å²) in [6.07, 6.45) is 0.355. The van der Waals surface area contributed by atoms with E-state index >= 15 is 0 Å². The highest BCUT2D eigenvalue weighted by atomic mass is 16.3. The van der Waals surface area contributed by atoms with E-state index in [1.807, 2.05) is 11.0 Å². The first-order valence-electron chi connectivity index (χ1n) is 3.88. The minimum Gasteiger partial charge on any atom is -0.389 e. The van der Waals surface area contributed by atoms with Crippen LogP contribution in [0.4, 0.5) is 5.82 Å². The third-order valence-corrected chi connectivity index (χ3v) is 2.09. The molecule has 12 heavy (non-hydrogen) atoms. The molecule has 2 rings (SSSR count). The number of aromatic nitrogens is 2. The number of anilines is 1. The SMILES string of the molecule is OC1CN(c2ccn[nH]2)CC1O. The Morgan fingerprint density at radius 3 is 2.58 bits per heavy atom. The molecule has 0 radical (unpaired) electrons. The van der Waals surface area contributed by atoms with Crippen LogP contribution in [0.2, 0.25) is 0 Å². The molecule has 1 aromatic heterocycles. The maximum atomic E-state index is 9.24. The van der Waals surface area contributed by atoms with Gasteiger partial charge in [-0.25, -0.2) is 0 Å². The van der Waals surface area contributed by atoms with E-state index < -0.39 is 12.2 Å². The van der Waals surface area contributed by atoms with Crippen molar-refractivity contribution in [3.8, 4) is 0 Å². The van der Waals surface area contributed by atoms with Gasteiger partial charge in [0.2, 0.25) is 0 Å². The highest BCUT2D eigenvalue weighted by molar-refractivity contribution is 5.38. The van der Waals surface area contributed by atoms with Gasteiger partial charge >= 0.3 is 0 Å². The number of aliphatic hydroxyl groups excluding tert-OH is 2. The number of β-amino-alcohol motifs (C(OH)–C–C–N with tert-alkyl or cyclic N) is 2. The Morgan fingerprint density at radius 2 is 2.08 bits per heavy atom. The predicted octanol–water partition coefficient (Wildman–Crippen LogP) is -1.05. The van der Waals surface area contributed by atoms with E-state index in [0.717, 1.165) is 5.82 Å². The van der Waals surface area contributed by atoms with E-state index in [1.165, 1.54) is 0 Å². The smallest absolute Gasteiger partial charge is 0.124 e. The van der Waals surface area contributed by atoms with Gasteiger partial charge < -0.3 is 15.1 Å².